The first kappa shape index (κ1) is 24.2. The fourth-order valence-electron chi connectivity index (χ4n) is 3.83. The first-order valence-electron chi connectivity index (χ1n) is 10.6. The standard InChI is InChI=1S/C24H22FN3O4S2/c1-15-12-28(13-16(2)32-15)34(30,31)20-9-5-18(6-10-20)23(29)21(11-26)24-27-22(14-33-24)17-3-7-19(25)8-4-17/h3-10,14-16,21H,12-13H2,1-2H3/t15-,16-,21+/m1/s1. The van der Waals surface area contributed by atoms with Crippen LogP contribution in [0.25, 0.3) is 11.3 Å². The molecule has 0 radical (unpaired) electrons. The highest BCUT2D eigenvalue weighted by Crippen LogP contribution is 2.29. The van der Waals surface area contributed by atoms with Crippen LogP contribution in [-0.4, -0.2) is 48.8 Å². The minimum absolute atomic E-state index is 0.0757. The van der Waals surface area contributed by atoms with Gasteiger partial charge in [0.2, 0.25) is 10.0 Å². The number of aromatic nitrogens is 1. The number of thiazole rings is 1. The molecule has 176 valence electrons. The van der Waals surface area contributed by atoms with E-state index in [0.29, 0.717) is 16.3 Å². The average Bonchev–Trinajstić information content (AvgIpc) is 3.29. The highest BCUT2D eigenvalue weighted by atomic mass is 32.2. The SMILES string of the molecule is C[C@@H]1CN(S(=O)(=O)c2ccc(C(=O)[C@H](C#N)c3nc(-c4ccc(F)cc4)cs3)cc2)C[C@@H](C)O1. The molecule has 2 heterocycles. The summed E-state index contributed by atoms with van der Waals surface area (Å²) >= 11 is 1.17. The molecule has 0 unspecified atom stereocenters. The van der Waals surface area contributed by atoms with Crippen LogP contribution in [-0.2, 0) is 14.8 Å². The third-order valence-electron chi connectivity index (χ3n) is 5.46. The Hall–Kier alpha value is -2.97. The number of rotatable bonds is 6. The molecule has 2 aromatic carbocycles. The van der Waals surface area contributed by atoms with Crippen molar-refractivity contribution < 1.29 is 22.3 Å². The molecule has 0 bridgehead atoms. The normalized spacial score (nSPS) is 19.9. The molecule has 7 nitrogen and oxygen atoms in total. The van der Waals surface area contributed by atoms with Gasteiger partial charge in [-0.25, -0.2) is 17.8 Å². The van der Waals surface area contributed by atoms with Crippen molar-refractivity contribution in [1.82, 2.24) is 9.29 Å². The van der Waals surface area contributed by atoms with Crippen molar-refractivity contribution in [3.63, 3.8) is 0 Å². The summed E-state index contributed by atoms with van der Waals surface area (Å²) in [5.41, 5.74) is 1.44. The van der Waals surface area contributed by atoms with Gasteiger partial charge in [-0.1, -0.05) is 12.1 Å². The van der Waals surface area contributed by atoms with Crippen LogP contribution >= 0.6 is 11.3 Å². The van der Waals surface area contributed by atoms with E-state index in [0.717, 1.165) is 0 Å². The minimum atomic E-state index is -3.74. The van der Waals surface area contributed by atoms with Crippen LogP contribution in [0.15, 0.2) is 58.8 Å². The van der Waals surface area contributed by atoms with Crippen molar-refractivity contribution in [3.8, 4) is 17.3 Å². The van der Waals surface area contributed by atoms with Crippen LogP contribution in [0.4, 0.5) is 4.39 Å². The number of nitrogens with zero attached hydrogens (tertiary/aromatic N) is 3. The number of halogens is 1. The Balaban J connectivity index is 1.54. The number of sulfonamides is 1. The van der Waals surface area contributed by atoms with Crippen LogP contribution in [0.3, 0.4) is 0 Å². The maximum absolute atomic E-state index is 13.2. The first-order chi connectivity index (χ1) is 16.2. The van der Waals surface area contributed by atoms with Gasteiger partial charge < -0.3 is 4.74 Å². The van der Waals surface area contributed by atoms with Gasteiger partial charge in [-0.3, -0.25) is 4.79 Å². The van der Waals surface area contributed by atoms with Crippen molar-refractivity contribution >= 4 is 27.1 Å². The predicted octanol–water partition coefficient (Wildman–Crippen LogP) is 4.24. The maximum Gasteiger partial charge on any atom is 0.243 e. The second kappa shape index (κ2) is 9.72. The van der Waals surface area contributed by atoms with Gasteiger partial charge in [0.1, 0.15) is 10.8 Å². The Morgan fingerprint density at radius 3 is 2.35 bits per heavy atom. The lowest BCUT2D eigenvalue weighted by Gasteiger charge is -2.34. The first-order valence-corrected chi connectivity index (χ1v) is 12.9. The predicted molar refractivity (Wildman–Crippen MR) is 125 cm³/mol. The number of ether oxygens (including phenoxy) is 1. The molecular formula is C24H22FN3O4S2. The van der Waals surface area contributed by atoms with Gasteiger partial charge >= 0.3 is 0 Å². The Morgan fingerprint density at radius 1 is 1.15 bits per heavy atom. The van der Waals surface area contributed by atoms with E-state index in [1.807, 2.05) is 19.9 Å². The van der Waals surface area contributed by atoms with Gasteiger partial charge in [0, 0.05) is 29.6 Å². The Bertz CT molecular complexity index is 1320. The lowest BCUT2D eigenvalue weighted by Crippen LogP contribution is -2.48. The zero-order chi connectivity index (χ0) is 24.5. The molecule has 0 N–H and O–H groups in total. The van der Waals surface area contributed by atoms with Crippen molar-refractivity contribution in [2.75, 3.05) is 13.1 Å². The molecule has 1 aliphatic heterocycles. The lowest BCUT2D eigenvalue weighted by molar-refractivity contribution is -0.0440. The molecule has 34 heavy (non-hydrogen) atoms. The molecule has 1 aromatic heterocycles. The number of carbonyl (C=O) groups excluding carboxylic acids is 1. The number of nitriles is 1. The third-order valence-corrected chi connectivity index (χ3v) is 8.22. The zero-order valence-electron chi connectivity index (χ0n) is 18.5. The second-order valence-corrected chi connectivity index (χ2v) is 10.9. The number of ketones is 1. The van der Waals surface area contributed by atoms with E-state index in [1.165, 1.54) is 52.0 Å². The summed E-state index contributed by atoms with van der Waals surface area (Å²) in [4.78, 5) is 17.5. The molecule has 1 fully saturated rings. The zero-order valence-corrected chi connectivity index (χ0v) is 20.1. The van der Waals surface area contributed by atoms with Crippen LogP contribution in [0, 0.1) is 17.1 Å². The smallest absolute Gasteiger partial charge is 0.243 e. The minimum Gasteiger partial charge on any atom is -0.373 e. The van der Waals surface area contributed by atoms with Crippen molar-refractivity contribution in [2.24, 2.45) is 0 Å². The van der Waals surface area contributed by atoms with Gasteiger partial charge in [0.25, 0.3) is 0 Å². The molecule has 1 aliphatic rings. The Morgan fingerprint density at radius 2 is 1.76 bits per heavy atom. The van der Waals surface area contributed by atoms with Gasteiger partial charge in [-0.2, -0.15) is 9.57 Å². The molecule has 4 rings (SSSR count). The number of benzene rings is 2. The number of morpholine rings is 1. The van der Waals surface area contributed by atoms with Gasteiger partial charge in [0.05, 0.1) is 28.9 Å². The van der Waals surface area contributed by atoms with E-state index in [1.54, 1.807) is 17.5 Å². The van der Waals surface area contributed by atoms with E-state index in [4.69, 9.17) is 4.74 Å². The summed E-state index contributed by atoms with van der Waals surface area (Å²) in [7, 11) is -3.74. The molecule has 0 spiro atoms. The summed E-state index contributed by atoms with van der Waals surface area (Å²) in [6.45, 7) is 4.15. The van der Waals surface area contributed by atoms with E-state index in [9.17, 15) is 22.9 Å². The monoisotopic (exact) mass is 499 g/mol. The van der Waals surface area contributed by atoms with Crippen molar-refractivity contribution in [2.45, 2.75) is 36.9 Å². The molecule has 0 amide bonds. The van der Waals surface area contributed by atoms with Crippen LogP contribution in [0.2, 0.25) is 0 Å². The third kappa shape index (κ3) is 4.93. The van der Waals surface area contributed by atoms with Crippen LogP contribution in [0.1, 0.15) is 35.1 Å². The van der Waals surface area contributed by atoms with Crippen LogP contribution in [0.5, 0.6) is 0 Å². The molecule has 0 aliphatic carbocycles. The highest BCUT2D eigenvalue weighted by Gasteiger charge is 2.32. The van der Waals surface area contributed by atoms with Crippen molar-refractivity contribution in [1.29, 1.82) is 5.26 Å². The fraction of sp³-hybridized carbons (Fsp3) is 0.292. The quantitative estimate of drug-likeness (QED) is 0.471. The molecule has 1 saturated heterocycles. The van der Waals surface area contributed by atoms with E-state index < -0.39 is 21.7 Å². The number of hydrogen-bond acceptors (Lipinski definition) is 7. The van der Waals surface area contributed by atoms with E-state index in [2.05, 4.69) is 4.98 Å². The summed E-state index contributed by atoms with van der Waals surface area (Å²) in [5, 5.41) is 11.7. The summed E-state index contributed by atoms with van der Waals surface area (Å²) in [5.74, 6) is -1.98. The second-order valence-electron chi connectivity index (χ2n) is 8.11. The summed E-state index contributed by atoms with van der Waals surface area (Å²) in [6, 6.07) is 13.4. The van der Waals surface area contributed by atoms with Gasteiger partial charge in [0.15, 0.2) is 11.7 Å². The molecule has 3 atom stereocenters. The van der Waals surface area contributed by atoms with E-state index >= 15 is 0 Å². The lowest BCUT2D eigenvalue weighted by atomic mass is 9.99. The summed E-state index contributed by atoms with van der Waals surface area (Å²) in [6.07, 6.45) is -0.428. The van der Waals surface area contributed by atoms with Crippen molar-refractivity contribution in [3.05, 3.63) is 70.3 Å². The molecular weight excluding hydrogens is 477 g/mol. The Labute approximate surface area is 201 Å². The van der Waals surface area contributed by atoms with Gasteiger partial charge in [-0.05, 0) is 50.2 Å². The summed E-state index contributed by atoms with van der Waals surface area (Å²) < 4.78 is 46.2. The topological polar surface area (TPSA) is 100 Å². The van der Waals surface area contributed by atoms with Crippen LogP contribution < -0.4 is 0 Å². The maximum atomic E-state index is 13.2. The van der Waals surface area contributed by atoms with E-state index in [-0.39, 0.29) is 41.6 Å². The fourth-order valence-corrected chi connectivity index (χ4v) is 6.29. The highest BCUT2D eigenvalue weighted by molar-refractivity contribution is 7.89. The number of hydrogen-bond donors (Lipinski definition) is 0. The van der Waals surface area contributed by atoms with Gasteiger partial charge in [-0.15, -0.1) is 11.3 Å². The Kier molecular flexibility index (Phi) is 6.91. The number of carbonyl (C=O) groups is 1. The number of Topliss-reactive ketones (excluding diaryl/α,β-unsaturated/α-hetero) is 1. The molecule has 0 saturated carbocycles. The largest absolute Gasteiger partial charge is 0.373 e. The average molecular weight is 500 g/mol. The molecule has 10 heteroatoms. The molecule has 3 aromatic rings.